The number of carbonyl (C=O) groups excluding carboxylic acids is 2. The van der Waals surface area contributed by atoms with E-state index >= 15 is 0 Å². The normalized spacial score (nSPS) is 28.0. The lowest BCUT2D eigenvalue weighted by Gasteiger charge is -2.21. The predicted molar refractivity (Wildman–Crippen MR) is 65.2 cm³/mol. The molecule has 0 unspecified atom stereocenters. The molecule has 1 N–H and O–H groups in total. The number of hydrogen-bond donors (Lipinski definition) is 1. The van der Waals surface area contributed by atoms with E-state index in [1.54, 1.807) is 6.92 Å². The SMILES string of the molecule is CCOC(=O)C1(C(=O)N2C[C@@H](C)[C@H](C(=O)O)C2)CC1. The van der Waals surface area contributed by atoms with E-state index in [0.29, 0.717) is 19.4 Å². The first-order valence-electron chi connectivity index (χ1n) is 6.61. The van der Waals surface area contributed by atoms with E-state index in [0.717, 1.165) is 0 Å². The molecule has 0 aromatic heterocycles. The molecular weight excluding hydrogens is 250 g/mol. The summed E-state index contributed by atoms with van der Waals surface area (Å²) in [5, 5.41) is 9.07. The molecule has 1 aliphatic carbocycles. The first-order chi connectivity index (χ1) is 8.92. The number of ether oxygens (including phenoxy) is 1. The summed E-state index contributed by atoms with van der Waals surface area (Å²) >= 11 is 0. The Hall–Kier alpha value is -1.59. The van der Waals surface area contributed by atoms with Gasteiger partial charge in [-0.3, -0.25) is 14.4 Å². The summed E-state index contributed by atoms with van der Waals surface area (Å²) < 4.78 is 4.95. The van der Waals surface area contributed by atoms with Gasteiger partial charge < -0.3 is 14.7 Å². The molecule has 2 aliphatic rings. The van der Waals surface area contributed by atoms with Gasteiger partial charge in [0.05, 0.1) is 12.5 Å². The summed E-state index contributed by atoms with van der Waals surface area (Å²) in [6.45, 7) is 4.36. The lowest BCUT2D eigenvalue weighted by molar-refractivity contribution is -0.157. The molecule has 2 fully saturated rings. The lowest BCUT2D eigenvalue weighted by atomic mass is 9.99. The topological polar surface area (TPSA) is 83.9 Å². The van der Waals surface area contributed by atoms with Crippen LogP contribution < -0.4 is 0 Å². The molecule has 6 nitrogen and oxygen atoms in total. The molecule has 1 heterocycles. The molecule has 0 bridgehead atoms. The number of aliphatic carboxylic acids is 1. The molecule has 1 aliphatic heterocycles. The number of esters is 1. The molecule has 0 aromatic carbocycles. The smallest absolute Gasteiger partial charge is 0.321 e. The Bertz CT molecular complexity index is 415. The van der Waals surface area contributed by atoms with Crippen molar-refractivity contribution in [3.63, 3.8) is 0 Å². The Morgan fingerprint density at radius 3 is 2.37 bits per heavy atom. The number of carbonyl (C=O) groups is 3. The molecule has 6 heteroatoms. The standard InChI is InChI=1S/C13H19NO5/c1-3-19-12(18)13(4-5-13)11(17)14-6-8(2)9(7-14)10(15)16/h8-9H,3-7H2,1-2H3,(H,15,16)/t8-,9-/m1/s1. The number of amides is 1. The second kappa shape index (κ2) is 4.83. The molecule has 0 radical (unpaired) electrons. The second-order valence-electron chi connectivity index (χ2n) is 5.43. The Labute approximate surface area is 111 Å². The molecule has 0 aromatic rings. The summed E-state index contributed by atoms with van der Waals surface area (Å²) in [4.78, 5) is 36.8. The van der Waals surface area contributed by atoms with Gasteiger partial charge in [0.25, 0.3) is 0 Å². The second-order valence-corrected chi connectivity index (χ2v) is 5.43. The molecule has 2 rings (SSSR count). The minimum absolute atomic E-state index is 0.0838. The van der Waals surface area contributed by atoms with Gasteiger partial charge in [-0.25, -0.2) is 0 Å². The average molecular weight is 269 g/mol. The van der Waals surface area contributed by atoms with Gasteiger partial charge in [-0.15, -0.1) is 0 Å². The number of nitrogens with zero attached hydrogens (tertiary/aromatic N) is 1. The highest BCUT2D eigenvalue weighted by Gasteiger charge is 2.60. The molecule has 2 atom stereocenters. The fraction of sp³-hybridized carbons (Fsp3) is 0.769. The van der Waals surface area contributed by atoms with Gasteiger partial charge in [-0.2, -0.15) is 0 Å². The van der Waals surface area contributed by atoms with Crippen molar-refractivity contribution in [3.8, 4) is 0 Å². The Balaban J connectivity index is 2.06. The molecule has 0 spiro atoms. The van der Waals surface area contributed by atoms with E-state index in [1.165, 1.54) is 4.90 Å². The maximum Gasteiger partial charge on any atom is 0.321 e. The van der Waals surface area contributed by atoms with Crippen molar-refractivity contribution in [2.75, 3.05) is 19.7 Å². The van der Waals surface area contributed by atoms with Gasteiger partial charge in [-0.1, -0.05) is 6.92 Å². The number of likely N-dealkylation sites (tertiary alicyclic amines) is 1. The van der Waals surface area contributed by atoms with Gasteiger partial charge in [0.1, 0.15) is 5.41 Å². The van der Waals surface area contributed by atoms with Crippen LogP contribution in [-0.2, 0) is 19.1 Å². The highest BCUT2D eigenvalue weighted by Crippen LogP contribution is 2.49. The zero-order valence-electron chi connectivity index (χ0n) is 11.2. The van der Waals surface area contributed by atoms with Gasteiger partial charge in [0.2, 0.25) is 5.91 Å². The van der Waals surface area contributed by atoms with Crippen LogP contribution in [0.25, 0.3) is 0 Å². The highest BCUT2D eigenvalue weighted by atomic mass is 16.5. The fourth-order valence-corrected chi connectivity index (χ4v) is 2.66. The first kappa shape index (κ1) is 13.8. The number of hydrogen-bond acceptors (Lipinski definition) is 4. The minimum atomic E-state index is -1.02. The highest BCUT2D eigenvalue weighted by molar-refractivity contribution is 6.05. The van der Waals surface area contributed by atoms with Gasteiger partial charge in [0.15, 0.2) is 0 Å². The van der Waals surface area contributed by atoms with Crippen LogP contribution in [0.3, 0.4) is 0 Å². The largest absolute Gasteiger partial charge is 0.481 e. The van der Waals surface area contributed by atoms with Gasteiger partial charge >= 0.3 is 11.9 Å². The summed E-state index contributed by atoms with van der Waals surface area (Å²) in [5.74, 6) is -2.24. The van der Waals surface area contributed by atoms with E-state index < -0.39 is 23.3 Å². The zero-order valence-corrected chi connectivity index (χ0v) is 11.2. The van der Waals surface area contributed by atoms with E-state index in [2.05, 4.69) is 0 Å². The number of rotatable bonds is 4. The van der Waals surface area contributed by atoms with Crippen LogP contribution in [0.5, 0.6) is 0 Å². The third-order valence-electron chi connectivity index (χ3n) is 4.04. The van der Waals surface area contributed by atoms with Crippen molar-refractivity contribution in [3.05, 3.63) is 0 Å². The Morgan fingerprint density at radius 2 is 1.95 bits per heavy atom. The van der Waals surface area contributed by atoms with Crippen LogP contribution in [0, 0.1) is 17.3 Å². The van der Waals surface area contributed by atoms with E-state index in [1.807, 2.05) is 6.92 Å². The summed E-state index contributed by atoms with van der Waals surface area (Å²) in [5.41, 5.74) is -1.02. The van der Waals surface area contributed by atoms with Crippen molar-refractivity contribution in [2.24, 2.45) is 17.3 Å². The van der Waals surface area contributed by atoms with Crippen molar-refractivity contribution in [1.82, 2.24) is 4.90 Å². The maximum absolute atomic E-state index is 12.4. The van der Waals surface area contributed by atoms with Crippen LogP contribution in [-0.4, -0.2) is 47.5 Å². The minimum Gasteiger partial charge on any atom is -0.481 e. The molecule has 106 valence electrons. The Morgan fingerprint density at radius 1 is 1.32 bits per heavy atom. The molecule has 1 saturated heterocycles. The maximum atomic E-state index is 12.4. The van der Waals surface area contributed by atoms with E-state index in [-0.39, 0.29) is 25.0 Å². The van der Waals surface area contributed by atoms with Gasteiger partial charge in [0, 0.05) is 13.1 Å². The summed E-state index contributed by atoms with van der Waals surface area (Å²) in [6, 6.07) is 0. The first-order valence-corrected chi connectivity index (χ1v) is 6.61. The quantitative estimate of drug-likeness (QED) is 0.594. The summed E-state index contributed by atoms with van der Waals surface area (Å²) in [7, 11) is 0. The van der Waals surface area contributed by atoms with Crippen molar-refractivity contribution in [1.29, 1.82) is 0 Å². The van der Waals surface area contributed by atoms with Crippen molar-refractivity contribution < 1.29 is 24.2 Å². The van der Waals surface area contributed by atoms with E-state index in [4.69, 9.17) is 9.84 Å². The summed E-state index contributed by atoms with van der Waals surface area (Å²) in [6.07, 6.45) is 1.01. The van der Waals surface area contributed by atoms with Crippen LogP contribution in [0.2, 0.25) is 0 Å². The molecular formula is C13H19NO5. The third-order valence-corrected chi connectivity index (χ3v) is 4.04. The molecule has 1 amide bonds. The van der Waals surface area contributed by atoms with Crippen LogP contribution in [0.1, 0.15) is 26.7 Å². The monoisotopic (exact) mass is 269 g/mol. The van der Waals surface area contributed by atoms with Crippen LogP contribution in [0.4, 0.5) is 0 Å². The van der Waals surface area contributed by atoms with E-state index in [9.17, 15) is 14.4 Å². The number of carboxylic acid groups (broad SMARTS) is 1. The van der Waals surface area contributed by atoms with Crippen molar-refractivity contribution in [2.45, 2.75) is 26.7 Å². The van der Waals surface area contributed by atoms with Gasteiger partial charge in [-0.05, 0) is 25.7 Å². The predicted octanol–water partition coefficient (Wildman–Crippen LogP) is 0.509. The van der Waals surface area contributed by atoms with Crippen LogP contribution >= 0.6 is 0 Å². The molecule has 19 heavy (non-hydrogen) atoms. The molecule has 1 saturated carbocycles. The van der Waals surface area contributed by atoms with Crippen molar-refractivity contribution >= 4 is 17.8 Å². The third kappa shape index (κ3) is 2.31. The Kier molecular flexibility index (Phi) is 3.52. The average Bonchev–Trinajstić information content (AvgIpc) is 3.06. The fourth-order valence-electron chi connectivity index (χ4n) is 2.66. The lowest BCUT2D eigenvalue weighted by Crippen LogP contribution is -2.40. The zero-order chi connectivity index (χ0) is 14.2. The van der Waals surface area contributed by atoms with Crippen LogP contribution in [0.15, 0.2) is 0 Å². The number of carboxylic acids is 1.